The summed E-state index contributed by atoms with van der Waals surface area (Å²) in [6, 6.07) is 6.17. The largest absolute Gasteiger partial charge is 0.437 e. The summed E-state index contributed by atoms with van der Waals surface area (Å²) in [5, 5.41) is 2.02. The number of nitrogens with two attached hydrogens (primary N) is 1. The van der Waals surface area contributed by atoms with Crippen LogP contribution in [0.4, 0.5) is 0 Å². The molecule has 104 valence electrons. The zero-order valence-corrected chi connectivity index (χ0v) is 12.4. The first kappa shape index (κ1) is 13.1. The van der Waals surface area contributed by atoms with E-state index in [1.165, 1.54) is 11.1 Å². The van der Waals surface area contributed by atoms with Crippen LogP contribution in [0.3, 0.4) is 0 Å². The number of nitrogens with zero attached hydrogens (tertiary/aromatic N) is 2. The summed E-state index contributed by atoms with van der Waals surface area (Å²) in [4.78, 5) is 5.49. The average molecular weight is 287 g/mol. The van der Waals surface area contributed by atoms with E-state index in [2.05, 4.69) is 29.3 Å². The van der Waals surface area contributed by atoms with Gasteiger partial charge in [0.15, 0.2) is 4.96 Å². The van der Waals surface area contributed by atoms with Crippen LogP contribution in [0.2, 0.25) is 0 Å². The third-order valence-electron chi connectivity index (χ3n) is 3.12. The van der Waals surface area contributed by atoms with Crippen LogP contribution in [0.1, 0.15) is 16.8 Å². The van der Waals surface area contributed by atoms with Crippen molar-refractivity contribution in [2.24, 2.45) is 5.73 Å². The van der Waals surface area contributed by atoms with Crippen LogP contribution in [-0.2, 0) is 6.42 Å². The fourth-order valence-corrected chi connectivity index (χ4v) is 3.09. The van der Waals surface area contributed by atoms with E-state index < -0.39 is 0 Å². The Bertz CT molecular complexity index is 724. The highest BCUT2D eigenvalue weighted by molar-refractivity contribution is 7.15. The first-order valence-corrected chi connectivity index (χ1v) is 7.46. The molecule has 3 aromatic rings. The highest BCUT2D eigenvalue weighted by atomic mass is 32.1. The molecule has 4 nitrogen and oxygen atoms in total. The summed E-state index contributed by atoms with van der Waals surface area (Å²) in [6.45, 7) is 4.70. The highest BCUT2D eigenvalue weighted by Gasteiger charge is 2.14. The van der Waals surface area contributed by atoms with Gasteiger partial charge in [-0.05, 0) is 43.7 Å². The van der Waals surface area contributed by atoms with Crippen molar-refractivity contribution < 1.29 is 4.74 Å². The molecule has 3 rings (SSSR count). The Balaban J connectivity index is 2.00. The number of fused-ring (bicyclic) bond motifs is 1. The second-order valence-electron chi connectivity index (χ2n) is 4.88. The number of hydrogen-bond acceptors (Lipinski definition) is 4. The smallest absolute Gasteiger partial charge is 0.242 e. The molecule has 0 amide bonds. The van der Waals surface area contributed by atoms with Crippen LogP contribution in [0.25, 0.3) is 4.96 Å². The molecule has 2 N–H and O–H groups in total. The van der Waals surface area contributed by atoms with Gasteiger partial charge in [-0.1, -0.05) is 6.07 Å². The standard InChI is InChI=1S/C15H17N3OS/c1-10-7-11(2)9-12(8-10)19-14-13(3-4-16)18-5-6-20-15(18)17-14/h5-9H,3-4,16H2,1-2H3. The zero-order valence-electron chi connectivity index (χ0n) is 11.6. The lowest BCUT2D eigenvalue weighted by Gasteiger charge is -2.07. The lowest BCUT2D eigenvalue weighted by molar-refractivity contribution is 0.458. The Morgan fingerprint density at radius 2 is 2.00 bits per heavy atom. The first-order valence-electron chi connectivity index (χ1n) is 6.58. The molecule has 1 aromatic carbocycles. The average Bonchev–Trinajstić information content (AvgIpc) is 2.92. The number of hydrogen-bond donors (Lipinski definition) is 1. The van der Waals surface area contributed by atoms with Gasteiger partial charge in [0, 0.05) is 18.0 Å². The SMILES string of the molecule is Cc1cc(C)cc(Oc2nc3sccn3c2CCN)c1. The van der Waals surface area contributed by atoms with E-state index in [0.717, 1.165) is 22.8 Å². The summed E-state index contributed by atoms with van der Waals surface area (Å²) < 4.78 is 8.04. The van der Waals surface area contributed by atoms with Crippen molar-refractivity contribution in [3.63, 3.8) is 0 Å². The van der Waals surface area contributed by atoms with E-state index in [1.54, 1.807) is 11.3 Å². The Morgan fingerprint density at radius 3 is 2.70 bits per heavy atom. The van der Waals surface area contributed by atoms with E-state index in [9.17, 15) is 0 Å². The fraction of sp³-hybridized carbons (Fsp3) is 0.267. The minimum atomic E-state index is 0.576. The van der Waals surface area contributed by atoms with Crippen molar-refractivity contribution in [1.82, 2.24) is 9.38 Å². The molecule has 0 aliphatic carbocycles. The van der Waals surface area contributed by atoms with Crippen molar-refractivity contribution in [3.05, 3.63) is 46.6 Å². The molecule has 0 unspecified atom stereocenters. The Labute approximate surface area is 121 Å². The van der Waals surface area contributed by atoms with Crippen molar-refractivity contribution >= 4 is 16.3 Å². The van der Waals surface area contributed by atoms with Crippen LogP contribution in [-0.4, -0.2) is 15.9 Å². The second-order valence-corrected chi connectivity index (χ2v) is 5.76. The number of aryl methyl sites for hydroxylation is 2. The van der Waals surface area contributed by atoms with Crippen LogP contribution >= 0.6 is 11.3 Å². The lowest BCUT2D eigenvalue weighted by atomic mass is 10.1. The van der Waals surface area contributed by atoms with Gasteiger partial charge in [0.05, 0.1) is 5.69 Å². The van der Waals surface area contributed by atoms with Crippen molar-refractivity contribution in [2.45, 2.75) is 20.3 Å². The van der Waals surface area contributed by atoms with Crippen molar-refractivity contribution in [2.75, 3.05) is 6.54 Å². The number of imidazole rings is 1. The fourth-order valence-electron chi connectivity index (χ4n) is 2.36. The number of ether oxygens (including phenoxy) is 1. The maximum Gasteiger partial charge on any atom is 0.242 e. The predicted molar refractivity (Wildman–Crippen MR) is 81.8 cm³/mol. The molecule has 0 saturated heterocycles. The molecule has 0 atom stereocenters. The zero-order chi connectivity index (χ0) is 14.1. The molecule has 2 aromatic heterocycles. The van der Waals surface area contributed by atoms with Gasteiger partial charge in [-0.25, -0.2) is 0 Å². The molecule has 0 fully saturated rings. The summed E-state index contributed by atoms with van der Waals surface area (Å²) >= 11 is 1.60. The first-order chi connectivity index (χ1) is 9.67. The van der Waals surface area contributed by atoms with E-state index in [-0.39, 0.29) is 0 Å². The maximum absolute atomic E-state index is 5.99. The van der Waals surface area contributed by atoms with Crippen LogP contribution in [0.5, 0.6) is 11.6 Å². The van der Waals surface area contributed by atoms with E-state index >= 15 is 0 Å². The topological polar surface area (TPSA) is 52.5 Å². The molecule has 0 spiro atoms. The Kier molecular flexibility index (Phi) is 3.46. The van der Waals surface area contributed by atoms with E-state index in [0.29, 0.717) is 12.4 Å². The Morgan fingerprint density at radius 1 is 1.25 bits per heavy atom. The second kappa shape index (κ2) is 5.26. The van der Waals surface area contributed by atoms with Crippen molar-refractivity contribution in [3.8, 4) is 11.6 Å². The summed E-state index contributed by atoms with van der Waals surface area (Å²) in [5.41, 5.74) is 9.09. The van der Waals surface area contributed by atoms with E-state index in [1.807, 2.05) is 23.7 Å². The van der Waals surface area contributed by atoms with E-state index in [4.69, 9.17) is 10.5 Å². The highest BCUT2D eigenvalue weighted by Crippen LogP contribution is 2.29. The summed E-state index contributed by atoms with van der Waals surface area (Å²) in [7, 11) is 0. The molecule has 5 heteroatoms. The van der Waals surface area contributed by atoms with Crippen LogP contribution in [0, 0.1) is 13.8 Å². The molecule has 0 aliphatic heterocycles. The third kappa shape index (κ3) is 2.42. The maximum atomic E-state index is 5.99. The van der Waals surface area contributed by atoms with Crippen molar-refractivity contribution in [1.29, 1.82) is 0 Å². The molecule has 0 bridgehead atoms. The number of rotatable bonds is 4. The van der Waals surface area contributed by atoms with Gasteiger partial charge in [-0.2, -0.15) is 4.98 Å². The molecule has 0 saturated carbocycles. The number of benzene rings is 1. The minimum absolute atomic E-state index is 0.576. The van der Waals surface area contributed by atoms with Gasteiger partial charge in [-0.15, -0.1) is 11.3 Å². The summed E-state index contributed by atoms with van der Waals surface area (Å²) in [5.74, 6) is 1.49. The minimum Gasteiger partial charge on any atom is -0.437 e. The molecule has 0 radical (unpaired) electrons. The van der Waals surface area contributed by atoms with Crippen LogP contribution in [0.15, 0.2) is 29.8 Å². The molecular weight excluding hydrogens is 270 g/mol. The number of aromatic nitrogens is 2. The number of thiazole rings is 1. The quantitative estimate of drug-likeness (QED) is 0.801. The van der Waals surface area contributed by atoms with Gasteiger partial charge >= 0.3 is 0 Å². The Hall–Kier alpha value is -1.85. The summed E-state index contributed by atoms with van der Waals surface area (Å²) in [6.07, 6.45) is 2.75. The molecular formula is C15H17N3OS. The molecule has 0 aliphatic rings. The third-order valence-corrected chi connectivity index (χ3v) is 3.87. The molecule has 2 heterocycles. The van der Waals surface area contributed by atoms with Gasteiger partial charge < -0.3 is 10.5 Å². The monoisotopic (exact) mass is 287 g/mol. The lowest BCUT2D eigenvalue weighted by Crippen LogP contribution is -2.05. The predicted octanol–water partition coefficient (Wildman–Crippen LogP) is 3.31. The van der Waals surface area contributed by atoms with Gasteiger partial charge in [0.25, 0.3) is 0 Å². The molecule has 20 heavy (non-hydrogen) atoms. The van der Waals surface area contributed by atoms with Crippen LogP contribution < -0.4 is 10.5 Å². The van der Waals surface area contributed by atoms with Gasteiger partial charge in [-0.3, -0.25) is 4.40 Å². The normalized spacial score (nSPS) is 11.2. The van der Waals surface area contributed by atoms with Gasteiger partial charge in [0.2, 0.25) is 5.88 Å². The van der Waals surface area contributed by atoms with Gasteiger partial charge in [0.1, 0.15) is 5.75 Å².